The van der Waals surface area contributed by atoms with Gasteiger partial charge in [0.1, 0.15) is 5.82 Å². The van der Waals surface area contributed by atoms with Gasteiger partial charge in [0.15, 0.2) is 0 Å². The molecule has 0 aliphatic carbocycles. The summed E-state index contributed by atoms with van der Waals surface area (Å²) in [6.07, 6.45) is 3.10. The van der Waals surface area contributed by atoms with Gasteiger partial charge in [-0.25, -0.2) is 15.0 Å². The van der Waals surface area contributed by atoms with Crippen LogP contribution in [-0.4, -0.2) is 56.1 Å². The Morgan fingerprint density at radius 2 is 2.17 bits per heavy atom. The lowest BCUT2D eigenvalue weighted by atomic mass is 10.0. The number of aromatic nitrogens is 3. The highest BCUT2D eigenvalue weighted by Gasteiger charge is 2.29. The number of likely N-dealkylation sites (tertiary alicyclic amines) is 1. The van der Waals surface area contributed by atoms with Crippen molar-refractivity contribution >= 4 is 17.2 Å². The molecule has 0 aromatic carbocycles. The molecule has 0 bridgehead atoms. The van der Waals surface area contributed by atoms with Gasteiger partial charge in [0, 0.05) is 37.4 Å². The number of nitrogens with zero attached hydrogens (tertiary/aromatic N) is 4. The average Bonchev–Trinajstić information content (AvgIpc) is 2.95. The minimum absolute atomic E-state index is 0.248. The largest absolute Gasteiger partial charge is 0.390 e. The molecule has 8 heteroatoms. The van der Waals surface area contributed by atoms with Gasteiger partial charge in [0.25, 0.3) is 5.91 Å². The van der Waals surface area contributed by atoms with Crippen LogP contribution in [0.4, 0.5) is 0 Å². The van der Waals surface area contributed by atoms with Gasteiger partial charge in [-0.05, 0) is 20.3 Å². The van der Waals surface area contributed by atoms with Gasteiger partial charge >= 0.3 is 0 Å². The molecule has 1 saturated heterocycles. The van der Waals surface area contributed by atoms with Gasteiger partial charge in [-0.15, -0.1) is 11.3 Å². The molecule has 1 fully saturated rings. The Balaban J connectivity index is 1.53. The molecule has 24 heavy (non-hydrogen) atoms. The number of piperidine rings is 1. The number of carbonyl (C=O) groups excluding carboxylic acids is 1. The van der Waals surface area contributed by atoms with E-state index in [0.29, 0.717) is 24.4 Å². The van der Waals surface area contributed by atoms with Crippen LogP contribution in [-0.2, 0) is 6.54 Å². The van der Waals surface area contributed by atoms with Crippen molar-refractivity contribution in [1.29, 1.82) is 0 Å². The number of aliphatic hydroxyl groups excluding tert-OH is 1. The van der Waals surface area contributed by atoms with E-state index in [1.165, 1.54) is 12.4 Å². The summed E-state index contributed by atoms with van der Waals surface area (Å²) in [7, 11) is 0. The molecule has 7 nitrogen and oxygen atoms in total. The third kappa shape index (κ3) is 4.14. The molecule has 3 heterocycles. The molecule has 1 amide bonds. The van der Waals surface area contributed by atoms with Crippen LogP contribution in [0.3, 0.4) is 0 Å². The second-order valence-corrected chi connectivity index (χ2v) is 7.11. The van der Waals surface area contributed by atoms with Gasteiger partial charge in [0.2, 0.25) is 0 Å². The molecular formula is C16H21N5O2S. The van der Waals surface area contributed by atoms with Gasteiger partial charge in [-0.1, -0.05) is 0 Å². The second-order valence-electron chi connectivity index (χ2n) is 6.05. The Hall–Kier alpha value is -1.90. The molecule has 2 aromatic rings. The van der Waals surface area contributed by atoms with Crippen LogP contribution in [0.25, 0.3) is 0 Å². The normalized spacial score (nSPS) is 21.6. The second kappa shape index (κ2) is 7.33. The zero-order chi connectivity index (χ0) is 17.1. The van der Waals surface area contributed by atoms with E-state index in [0.717, 1.165) is 23.8 Å². The molecule has 0 spiro atoms. The van der Waals surface area contributed by atoms with Gasteiger partial charge in [-0.3, -0.25) is 9.69 Å². The Morgan fingerprint density at radius 1 is 1.42 bits per heavy atom. The van der Waals surface area contributed by atoms with E-state index >= 15 is 0 Å². The predicted molar refractivity (Wildman–Crippen MR) is 90.8 cm³/mol. The van der Waals surface area contributed by atoms with Crippen LogP contribution in [0.2, 0.25) is 0 Å². The number of nitrogens with one attached hydrogen (secondary N) is 1. The first-order chi connectivity index (χ1) is 11.5. The molecule has 3 rings (SSSR count). The summed E-state index contributed by atoms with van der Waals surface area (Å²) in [6, 6.07) is -0.257. The summed E-state index contributed by atoms with van der Waals surface area (Å²) in [4.78, 5) is 26.9. The summed E-state index contributed by atoms with van der Waals surface area (Å²) in [5, 5.41) is 16.3. The smallest absolute Gasteiger partial charge is 0.254 e. The Kier molecular flexibility index (Phi) is 5.17. The summed E-state index contributed by atoms with van der Waals surface area (Å²) >= 11 is 1.63. The lowest BCUT2D eigenvalue weighted by Gasteiger charge is -2.35. The first kappa shape index (κ1) is 16.9. The number of hydrogen-bond donors (Lipinski definition) is 2. The van der Waals surface area contributed by atoms with Crippen molar-refractivity contribution in [3.63, 3.8) is 0 Å². The number of rotatable bonds is 4. The highest BCUT2D eigenvalue weighted by molar-refractivity contribution is 7.09. The zero-order valence-electron chi connectivity index (χ0n) is 13.8. The summed E-state index contributed by atoms with van der Waals surface area (Å²) in [5.41, 5.74) is 1.44. The van der Waals surface area contributed by atoms with Crippen molar-refractivity contribution in [2.45, 2.75) is 39.0 Å². The van der Waals surface area contributed by atoms with Crippen molar-refractivity contribution in [3.8, 4) is 0 Å². The number of hydrogen-bond acceptors (Lipinski definition) is 7. The quantitative estimate of drug-likeness (QED) is 0.854. The Labute approximate surface area is 144 Å². The first-order valence-electron chi connectivity index (χ1n) is 7.92. The van der Waals surface area contributed by atoms with Gasteiger partial charge in [-0.2, -0.15) is 0 Å². The third-order valence-corrected chi connectivity index (χ3v) is 4.90. The molecule has 1 aliphatic heterocycles. The standard InChI is InChI=1S/C16H21N5O2S/c1-10-17-5-12(6-18-10)16(23)20-14-3-4-21(8-15(14)22)7-13-9-24-11(2)19-13/h5-6,9,14-15,22H,3-4,7-8H2,1-2H3,(H,20,23)/t14-,15-/m1/s1. The van der Waals surface area contributed by atoms with Crippen molar-refractivity contribution in [2.75, 3.05) is 13.1 Å². The van der Waals surface area contributed by atoms with Crippen molar-refractivity contribution in [1.82, 2.24) is 25.2 Å². The summed E-state index contributed by atoms with van der Waals surface area (Å²) in [5.74, 6) is 0.375. The number of carbonyl (C=O) groups is 1. The first-order valence-corrected chi connectivity index (χ1v) is 8.80. The van der Waals surface area contributed by atoms with Crippen LogP contribution in [0.15, 0.2) is 17.8 Å². The maximum atomic E-state index is 12.2. The summed E-state index contributed by atoms with van der Waals surface area (Å²) < 4.78 is 0. The van der Waals surface area contributed by atoms with Crippen molar-refractivity contribution in [3.05, 3.63) is 39.9 Å². The molecular weight excluding hydrogens is 326 g/mol. The third-order valence-electron chi connectivity index (χ3n) is 4.08. The predicted octanol–water partition coefficient (Wildman–Crippen LogP) is 0.915. The SMILES string of the molecule is Cc1ncc(C(=O)N[C@@H]2CCN(Cc3csc(C)n3)C[C@H]2O)cn1. The average molecular weight is 347 g/mol. The molecule has 1 aliphatic rings. The number of aliphatic hydroxyl groups is 1. The van der Waals surface area contributed by atoms with E-state index in [2.05, 4.69) is 25.2 Å². The van der Waals surface area contributed by atoms with Crippen LogP contribution < -0.4 is 5.32 Å². The lowest BCUT2D eigenvalue weighted by Crippen LogP contribution is -2.53. The van der Waals surface area contributed by atoms with Crippen LogP contribution >= 0.6 is 11.3 Å². The van der Waals surface area contributed by atoms with E-state index in [-0.39, 0.29) is 11.9 Å². The molecule has 2 aromatic heterocycles. The number of thiazole rings is 1. The Bertz CT molecular complexity index is 703. The van der Waals surface area contributed by atoms with E-state index in [4.69, 9.17) is 0 Å². The molecule has 0 saturated carbocycles. The molecule has 2 N–H and O–H groups in total. The highest BCUT2D eigenvalue weighted by Crippen LogP contribution is 2.16. The topological polar surface area (TPSA) is 91.2 Å². The number of aryl methyl sites for hydroxylation is 2. The van der Waals surface area contributed by atoms with E-state index in [9.17, 15) is 9.90 Å². The fraction of sp³-hybridized carbons (Fsp3) is 0.500. The van der Waals surface area contributed by atoms with Gasteiger partial charge < -0.3 is 10.4 Å². The molecule has 0 unspecified atom stereocenters. The van der Waals surface area contributed by atoms with Crippen LogP contribution in [0.5, 0.6) is 0 Å². The summed E-state index contributed by atoms with van der Waals surface area (Å²) in [6.45, 7) is 5.81. The maximum Gasteiger partial charge on any atom is 0.254 e. The van der Waals surface area contributed by atoms with E-state index in [1.54, 1.807) is 18.3 Å². The monoisotopic (exact) mass is 347 g/mol. The number of β-amino-alcohol motifs (C(OH)–C–C–N with tert-alkyl or cyclic N) is 1. The zero-order valence-corrected chi connectivity index (χ0v) is 14.6. The fourth-order valence-electron chi connectivity index (χ4n) is 2.78. The maximum absolute atomic E-state index is 12.2. The molecule has 0 radical (unpaired) electrons. The van der Waals surface area contributed by atoms with Crippen molar-refractivity contribution in [2.24, 2.45) is 0 Å². The molecule has 128 valence electrons. The minimum Gasteiger partial charge on any atom is -0.390 e. The highest BCUT2D eigenvalue weighted by atomic mass is 32.1. The molecule has 2 atom stereocenters. The van der Waals surface area contributed by atoms with Gasteiger partial charge in [0.05, 0.1) is 28.4 Å². The van der Waals surface area contributed by atoms with Crippen LogP contribution in [0.1, 0.15) is 33.3 Å². The van der Waals surface area contributed by atoms with Crippen LogP contribution in [0, 0.1) is 13.8 Å². The van der Waals surface area contributed by atoms with Crippen molar-refractivity contribution < 1.29 is 9.90 Å². The lowest BCUT2D eigenvalue weighted by molar-refractivity contribution is 0.0345. The fourth-order valence-corrected chi connectivity index (χ4v) is 3.38. The number of amides is 1. The van der Waals surface area contributed by atoms with E-state index in [1.807, 2.05) is 12.3 Å². The minimum atomic E-state index is -0.603. The Morgan fingerprint density at radius 3 is 2.79 bits per heavy atom. The van der Waals surface area contributed by atoms with E-state index < -0.39 is 6.10 Å².